The minimum atomic E-state index is -3.77. The maximum Gasteiger partial charge on any atom is 0.244 e. The van der Waals surface area contributed by atoms with Gasteiger partial charge in [0.1, 0.15) is 18.3 Å². The summed E-state index contributed by atoms with van der Waals surface area (Å²) in [5, 5.41) is 2.97. The average Bonchev–Trinajstić information content (AvgIpc) is 2.86. The normalized spacial score (nSPS) is 13.1. The van der Waals surface area contributed by atoms with E-state index in [0.29, 0.717) is 17.9 Å². The number of nitrogens with zero attached hydrogens (tertiary/aromatic N) is 2. The van der Waals surface area contributed by atoms with Crippen molar-refractivity contribution in [2.24, 2.45) is 0 Å². The van der Waals surface area contributed by atoms with E-state index in [2.05, 4.69) is 19.2 Å². The molecule has 2 amide bonds. The van der Waals surface area contributed by atoms with Crippen molar-refractivity contribution < 1.29 is 22.7 Å². The Hall–Kier alpha value is -3.07. The van der Waals surface area contributed by atoms with Crippen molar-refractivity contribution in [3.05, 3.63) is 59.7 Å². The van der Waals surface area contributed by atoms with Crippen LogP contribution in [-0.4, -0.2) is 57.1 Å². The fraction of sp³-hybridized carbons (Fsp3) is 0.500. The van der Waals surface area contributed by atoms with Crippen LogP contribution >= 0.6 is 0 Å². The van der Waals surface area contributed by atoms with E-state index >= 15 is 0 Å². The highest BCUT2D eigenvalue weighted by atomic mass is 32.2. The van der Waals surface area contributed by atoms with Gasteiger partial charge in [0.15, 0.2) is 0 Å². The van der Waals surface area contributed by atoms with Crippen LogP contribution in [0.25, 0.3) is 0 Å². The molecule has 2 rings (SSSR count). The number of carbonyl (C=O) groups is 2. The maximum absolute atomic E-state index is 13.8. The van der Waals surface area contributed by atoms with E-state index in [4.69, 9.17) is 4.74 Å². The van der Waals surface area contributed by atoms with E-state index < -0.39 is 28.5 Å². The molecule has 0 fully saturated rings. The summed E-state index contributed by atoms with van der Waals surface area (Å²) in [6.45, 7) is 9.57. The van der Waals surface area contributed by atoms with Gasteiger partial charge in [0, 0.05) is 12.6 Å². The maximum atomic E-state index is 13.8. The summed E-state index contributed by atoms with van der Waals surface area (Å²) in [6.07, 6.45) is 2.21. The Labute approximate surface area is 222 Å². The first-order chi connectivity index (χ1) is 17.4. The second-order valence-corrected chi connectivity index (χ2v) is 11.5. The van der Waals surface area contributed by atoms with Gasteiger partial charge in [0.2, 0.25) is 21.8 Å². The molecule has 1 N–H and O–H groups in total. The zero-order chi connectivity index (χ0) is 27.8. The molecule has 0 aliphatic rings. The van der Waals surface area contributed by atoms with Gasteiger partial charge in [-0.2, -0.15) is 0 Å². The quantitative estimate of drug-likeness (QED) is 0.416. The predicted octanol–water partition coefficient (Wildman–Crippen LogP) is 4.31. The van der Waals surface area contributed by atoms with Crippen LogP contribution < -0.4 is 14.4 Å². The lowest BCUT2D eigenvalue weighted by molar-refractivity contribution is -0.140. The molecule has 0 spiro atoms. The molecule has 0 aromatic heterocycles. The van der Waals surface area contributed by atoms with E-state index in [9.17, 15) is 18.0 Å². The highest BCUT2D eigenvalue weighted by molar-refractivity contribution is 7.92. The van der Waals surface area contributed by atoms with Crippen LogP contribution in [0.4, 0.5) is 5.69 Å². The Morgan fingerprint density at radius 1 is 0.946 bits per heavy atom. The molecular formula is C28H41N3O5S. The van der Waals surface area contributed by atoms with Crippen LogP contribution in [0.3, 0.4) is 0 Å². The molecule has 0 bridgehead atoms. The Balaban J connectivity index is 2.43. The van der Waals surface area contributed by atoms with Crippen molar-refractivity contribution in [3.8, 4) is 5.75 Å². The van der Waals surface area contributed by atoms with Gasteiger partial charge in [-0.3, -0.25) is 13.9 Å². The molecule has 9 heteroatoms. The Morgan fingerprint density at radius 3 is 2.00 bits per heavy atom. The van der Waals surface area contributed by atoms with Crippen LogP contribution in [0, 0.1) is 0 Å². The van der Waals surface area contributed by atoms with Gasteiger partial charge in [-0.1, -0.05) is 52.0 Å². The number of hydrogen-bond donors (Lipinski definition) is 1. The Morgan fingerprint density at radius 2 is 1.54 bits per heavy atom. The standard InChI is InChI=1S/C28H41N3O5S/c1-8-21(5)29-28(33)26(9-2)30(18-22-10-16-25(36-6)17-11-22)27(32)19-31(37(7,34)35)24-14-12-23(13-15-24)20(3)4/h10-17,20-21,26H,8-9,18-19H2,1-7H3,(H,29,33)/t21-,26+/m0/s1. The van der Waals surface area contributed by atoms with Crippen LogP contribution in [0.2, 0.25) is 0 Å². The van der Waals surface area contributed by atoms with Gasteiger partial charge in [0.05, 0.1) is 19.1 Å². The zero-order valence-corrected chi connectivity index (χ0v) is 23.8. The summed E-state index contributed by atoms with van der Waals surface area (Å²) >= 11 is 0. The van der Waals surface area contributed by atoms with Gasteiger partial charge < -0.3 is 15.0 Å². The molecule has 204 valence electrons. The summed E-state index contributed by atoms with van der Waals surface area (Å²) < 4.78 is 31.8. The van der Waals surface area contributed by atoms with E-state index in [1.807, 2.05) is 45.0 Å². The van der Waals surface area contributed by atoms with Crippen LogP contribution in [-0.2, 0) is 26.2 Å². The third-order valence-corrected chi connectivity index (χ3v) is 7.57. The number of rotatable bonds is 13. The van der Waals surface area contributed by atoms with Crippen LogP contribution in [0.5, 0.6) is 5.75 Å². The molecule has 0 aliphatic carbocycles. The van der Waals surface area contributed by atoms with Gasteiger partial charge >= 0.3 is 0 Å². The largest absolute Gasteiger partial charge is 0.497 e. The fourth-order valence-corrected chi connectivity index (χ4v) is 4.78. The predicted molar refractivity (Wildman–Crippen MR) is 148 cm³/mol. The Kier molecular flexibility index (Phi) is 11.0. The SMILES string of the molecule is CC[C@H](C(=O)N[C@@H](C)CC)N(Cc1ccc(OC)cc1)C(=O)CN(c1ccc(C(C)C)cc1)S(C)(=O)=O. The number of carbonyl (C=O) groups excluding carboxylic acids is 2. The molecule has 0 aliphatic heterocycles. The van der Waals surface area contributed by atoms with Gasteiger partial charge in [-0.25, -0.2) is 8.42 Å². The molecule has 2 aromatic rings. The molecule has 0 unspecified atom stereocenters. The van der Waals surface area contributed by atoms with Crippen molar-refractivity contribution >= 4 is 27.5 Å². The van der Waals surface area contributed by atoms with Crippen LogP contribution in [0.15, 0.2) is 48.5 Å². The molecular weight excluding hydrogens is 490 g/mol. The van der Waals surface area contributed by atoms with E-state index in [-0.39, 0.29) is 24.4 Å². The number of methoxy groups -OCH3 is 1. The molecule has 0 radical (unpaired) electrons. The summed E-state index contributed by atoms with van der Waals surface area (Å²) in [4.78, 5) is 28.4. The lowest BCUT2D eigenvalue weighted by Crippen LogP contribution is -2.53. The first-order valence-corrected chi connectivity index (χ1v) is 14.6. The number of benzene rings is 2. The molecule has 2 aromatic carbocycles. The lowest BCUT2D eigenvalue weighted by atomic mass is 10.0. The van der Waals surface area contributed by atoms with Crippen molar-refractivity contribution in [2.75, 3.05) is 24.2 Å². The smallest absolute Gasteiger partial charge is 0.244 e. The van der Waals surface area contributed by atoms with Crippen molar-refractivity contribution in [1.82, 2.24) is 10.2 Å². The average molecular weight is 532 g/mol. The summed E-state index contributed by atoms with van der Waals surface area (Å²) in [5.41, 5.74) is 2.27. The minimum Gasteiger partial charge on any atom is -0.497 e. The molecule has 8 nitrogen and oxygen atoms in total. The molecule has 2 atom stereocenters. The van der Waals surface area contributed by atoms with Crippen molar-refractivity contribution in [1.29, 1.82) is 0 Å². The van der Waals surface area contributed by atoms with Crippen molar-refractivity contribution in [2.45, 2.75) is 72.0 Å². The highest BCUT2D eigenvalue weighted by Gasteiger charge is 2.32. The van der Waals surface area contributed by atoms with E-state index in [0.717, 1.165) is 28.1 Å². The summed E-state index contributed by atoms with van der Waals surface area (Å²) in [5.74, 6) is 0.249. The second-order valence-electron chi connectivity index (χ2n) is 9.63. The number of sulfonamides is 1. The van der Waals surface area contributed by atoms with Gasteiger partial charge in [-0.05, 0) is 61.1 Å². The molecule has 0 saturated carbocycles. The Bertz CT molecular complexity index is 1130. The number of amides is 2. The third-order valence-electron chi connectivity index (χ3n) is 6.43. The minimum absolute atomic E-state index is 0.0496. The fourth-order valence-electron chi connectivity index (χ4n) is 3.93. The van der Waals surface area contributed by atoms with Crippen LogP contribution in [0.1, 0.15) is 64.5 Å². The molecule has 0 heterocycles. The first-order valence-electron chi connectivity index (χ1n) is 12.7. The lowest BCUT2D eigenvalue weighted by Gasteiger charge is -2.33. The summed E-state index contributed by atoms with van der Waals surface area (Å²) in [6, 6.07) is 13.6. The highest BCUT2D eigenvalue weighted by Crippen LogP contribution is 2.23. The first kappa shape index (κ1) is 30.2. The summed E-state index contributed by atoms with van der Waals surface area (Å²) in [7, 11) is -2.19. The number of hydrogen-bond acceptors (Lipinski definition) is 5. The molecule has 0 saturated heterocycles. The molecule has 37 heavy (non-hydrogen) atoms. The van der Waals surface area contributed by atoms with Crippen molar-refractivity contribution in [3.63, 3.8) is 0 Å². The number of anilines is 1. The van der Waals surface area contributed by atoms with Gasteiger partial charge in [-0.15, -0.1) is 0 Å². The number of ether oxygens (including phenoxy) is 1. The monoisotopic (exact) mass is 531 g/mol. The third kappa shape index (κ3) is 8.49. The van der Waals surface area contributed by atoms with Gasteiger partial charge in [0.25, 0.3) is 0 Å². The zero-order valence-electron chi connectivity index (χ0n) is 23.0. The van der Waals surface area contributed by atoms with E-state index in [1.165, 1.54) is 4.90 Å². The number of nitrogens with one attached hydrogen (secondary N) is 1. The van der Waals surface area contributed by atoms with E-state index in [1.54, 1.807) is 31.4 Å². The topological polar surface area (TPSA) is 96.0 Å². The second kappa shape index (κ2) is 13.5.